The number of aliphatic hydroxyl groups is 1. The lowest BCUT2D eigenvalue weighted by atomic mass is 9.98. The number of nitrogens with one attached hydrogen (secondary N) is 1. The molecule has 1 heterocycles. The molecule has 0 spiro atoms. The van der Waals surface area contributed by atoms with Crippen molar-refractivity contribution in [2.24, 2.45) is 0 Å². The second-order valence-electron chi connectivity index (χ2n) is 5.77. The van der Waals surface area contributed by atoms with Crippen LogP contribution in [0.15, 0.2) is 0 Å². The van der Waals surface area contributed by atoms with E-state index in [1.165, 1.54) is 32.4 Å². The van der Waals surface area contributed by atoms with E-state index >= 15 is 0 Å². The van der Waals surface area contributed by atoms with Crippen LogP contribution < -0.4 is 5.32 Å². The second-order valence-corrected chi connectivity index (χ2v) is 5.77. The van der Waals surface area contributed by atoms with Crippen LogP contribution in [0.2, 0.25) is 0 Å². The topological polar surface area (TPSA) is 35.5 Å². The van der Waals surface area contributed by atoms with E-state index in [9.17, 15) is 5.11 Å². The Balaban J connectivity index is 1.57. The first-order valence-corrected chi connectivity index (χ1v) is 6.84. The molecule has 1 aliphatic heterocycles. The second kappa shape index (κ2) is 5.48. The van der Waals surface area contributed by atoms with Crippen molar-refractivity contribution in [2.45, 2.75) is 57.1 Å². The van der Waals surface area contributed by atoms with Gasteiger partial charge in [0, 0.05) is 12.6 Å². The third kappa shape index (κ3) is 4.40. The van der Waals surface area contributed by atoms with E-state index < -0.39 is 5.60 Å². The maximum absolute atomic E-state index is 9.99. The summed E-state index contributed by atoms with van der Waals surface area (Å²) in [7, 11) is 0. The molecule has 3 nitrogen and oxygen atoms in total. The van der Waals surface area contributed by atoms with Crippen LogP contribution >= 0.6 is 0 Å². The molecule has 94 valence electrons. The molecule has 2 rings (SSSR count). The van der Waals surface area contributed by atoms with Gasteiger partial charge in [0.05, 0.1) is 5.60 Å². The van der Waals surface area contributed by atoms with Crippen molar-refractivity contribution in [3.63, 3.8) is 0 Å². The molecular weight excluding hydrogens is 200 g/mol. The van der Waals surface area contributed by atoms with E-state index in [4.69, 9.17) is 0 Å². The van der Waals surface area contributed by atoms with E-state index in [1.807, 2.05) is 6.92 Å². The van der Waals surface area contributed by atoms with Gasteiger partial charge in [-0.1, -0.05) is 0 Å². The molecule has 16 heavy (non-hydrogen) atoms. The number of rotatable bonds is 5. The Morgan fingerprint density at radius 3 is 2.88 bits per heavy atom. The van der Waals surface area contributed by atoms with Crippen molar-refractivity contribution in [3.05, 3.63) is 0 Å². The predicted molar refractivity (Wildman–Crippen MR) is 66.6 cm³/mol. The van der Waals surface area contributed by atoms with E-state index in [0.29, 0.717) is 0 Å². The number of hydrogen-bond donors (Lipinski definition) is 2. The molecule has 2 N–H and O–H groups in total. The fourth-order valence-corrected chi connectivity index (χ4v) is 2.44. The first kappa shape index (κ1) is 12.3. The number of hydrogen-bond acceptors (Lipinski definition) is 3. The maximum Gasteiger partial charge on any atom is 0.0632 e. The standard InChI is InChI=1S/C13H26N2O/c1-13(16)6-2-9-15(11-7-13)10-3-8-14-12-4-5-12/h12,14,16H,2-11H2,1H3. The first-order chi connectivity index (χ1) is 7.66. The van der Waals surface area contributed by atoms with Crippen LogP contribution in [0.25, 0.3) is 0 Å². The Morgan fingerprint density at radius 2 is 2.12 bits per heavy atom. The molecule has 1 saturated heterocycles. The molecule has 0 aromatic rings. The molecule has 1 saturated carbocycles. The maximum atomic E-state index is 9.99. The quantitative estimate of drug-likeness (QED) is 0.695. The summed E-state index contributed by atoms with van der Waals surface area (Å²) >= 11 is 0. The Kier molecular flexibility index (Phi) is 4.22. The zero-order valence-electron chi connectivity index (χ0n) is 10.5. The van der Waals surface area contributed by atoms with Crippen LogP contribution in [0.3, 0.4) is 0 Å². The molecule has 0 aromatic heterocycles. The smallest absolute Gasteiger partial charge is 0.0632 e. The van der Waals surface area contributed by atoms with Crippen molar-refractivity contribution in [2.75, 3.05) is 26.2 Å². The summed E-state index contributed by atoms with van der Waals surface area (Å²) in [4.78, 5) is 2.51. The molecule has 1 atom stereocenters. The highest BCUT2D eigenvalue weighted by Gasteiger charge is 2.24. The van der Waals surface area contributed by atoms with Crippen molar-refractivity contribution in [3.8, 4) is 0 Å². The zero-order chi connectivity index (χ0) is 11.4. The fraction of sp³-hybridized carbons (Fsp3) is 1.00. The van der Waals surface area contributed by atoms with E-state index in [2.05, 4.69) is 10.2 Å². The van der Waals surface area contributed by atoms with Gasteiger partial charge in [-0.25, -0.2) is 0 Å². The average Bonchev–Trinajstić information content (AvgIpc) is 3.02. The summed E-state index contributed by atoms with van der Waals surface area (Å²) in [5.41, 5.74) is -0.416. The van der Waals surface area contributed by atoms with Gasteiger partial charge in [0.2, 0.25) is 0 Å². The van der Waals surface area contributed by atoms with Gasteiger partial charge in [-0.05, 0) is 65.1 Å². The summed E-state index contributed by atoms with van der Waals surface area (Å²) in [5.74, 6) is 0. The van der Waals surface area contributed by atoms with Crippen LogP contribution in [-0.2, 0) is 0 Å². The molecule has 3 heteroatoms. The highest BCUT2D eigenvalue weighted by Crippen LogP contribution is 2.21. The summed E-state index contributed by atoms with van der Waals surface area (Å²) in [6.45, 7) is 6.56. The minimum atomic E-state index is -0.416. The van der Waals surface area contributed by atoms with Crippen LogP contribution in [-0.4, -0.2) is 47.8 Å². The molecule has 0 bridgehead atoms. The lowest BCUT2D eigenvalue weighted by molar-refractivity contribution is 0.0446. The van der Waals surface area contributed by atoms with E-state index in [-0.39, 0.29) is 0 Å². The predicted octanol–water partition coefficient (Wildman–Crippen LogP) is 1.37. The van der Waals surface area contributed by atoms with E-state index in [0.717, 1.165) is 38.4 Å². The summed E-state index contributed by atoms with van der Waals surface area (Å²) < 4.78 is 0. The van der Waals surface area contributed by atoms with Gasteiger partial charge >= 0.3 is 0 Å². The normalized spacial score (nSPS) is 32.6. The highest BCUT2D eigenvalue weighted by atomic mass is 16.3. The largest absolute Gasteiger partial charge is 0.390 e. The molecular formula is C13H26N2O. The van der Waals surface area contributed by atoms with Gasteiger partial charge in [-0.3, -0.25) is 0 Å². The monoisotopic (exact) mass is 226 g/mol. The van der Waals surface area contributed by atoms with Crippen LogP contribution in [0.1, 0.15) is 45.4 Å². The molecule has 2 aliphatic rings. The summed E-state index contributed by atoms with van der Waals surface area (Å²) in [6, 6.07) is 0.838. The van der Waals surface area contributed by atoms with Gasteiger partial charge < -0.3 is 15.3 Å². The van der Waals surface area contributed by atoms with Crippen molar-refractivity contribution < 1.29 is 5.11 Å². The van der Waals surface area contributed by atoms with Crippen molar-refractivity contribution in [1.82, 2.24) is 10.2 Å². The van der Waals surface area contributed by atoms with Crippen LogP contribution in [0.4, 0.5) is 0 Å². The highest BCUT2D eigenvalue weighted by molar-refractivity contribution is 4.81. The Labute approximate surface area is 99.2 Å². The van der Waals surface area contributed by atoms with Crippen molar-refractivity contribution >= 4 is 0 Å². The van der Waals surface area contributed by atoms with Gasteiger partial charge in [-0.2, -0.15) is 0 Å². The van der Waals surface area contributed by atoms with Crippen molar-refractivity contribution in [1.29, 1.82) is 0 Å². The first-order valence-electron chi connectivity index (χ1n) is 6.84. The SMILES string of the molecule is CC1(O)CCCN(CCCNC2CC2)CC1. The third-order valence-corrected chi connectivity index (χ3v) is 3.82. The van der Waals surface area contributed by atoms with Gasteiger partial charge in [0.15, 0.2) is 0 Å². The Bertz CT molecular complexity index is 214. The lowest BCUT2D eigenvalue weighted by Crippen LogP contribution is -2.30. The Morgan fingerprint density at radius 1 is 1.31 bits per heavy atom. The van der Waals surface area contributed by atoms with E-state index in [1.54, 1.807) is 0 Å². The van der Waals surface area contributed by atoms with Crippen LogP contribution in [0, 0.1) is 0 Å². The summed E-state index contributed by atoms with van der Waals surface area (Å²) in [6.07, 6.45) is 7.05. The molecule has 0 amide bonds. The number of nitrogens with zero attached hydrogens (tertiary/aromatic N) is 1. The minimum Gasteiger partial charge on any atom is -0.390 e. The minimum absolute atomic E-state index is 0.416. The van der Waals surface area contributed by atoms with Gasteiger partial charge in [0.25, 0.3) is 0 Å². The molecule has 2 fully saturated rings. The fourth-order valence-electron chi connectivity index (χ4n) is 2.44. The van der Waals surface area contributed by atoms with Gasteiger partial charge in [0.1, 0.15) is 0 Å². The summed E-state index contributed by atoms with van der Waals surface area (Å²) in [5, 5.41) is 13.5. The molecule has 1 unspecified atom stereocenters. The third-order valence-electron chi connectivity index (χ3n) is 3.82. The van der Waals surface area contributed by atoms with Crippen LogP contribution in [0.5, 0.6) is 0 Å². The average molecular weight is 226 g/mol. The number of likely N-dealkylation sites (tertiary alicyclic amines) is 1. The van der Waals surface area contributed by atoms with Gasteiger partial charge in [-0.15, -0.1) is 0 Å². The molecule has 0 aromatic carbocycles. The lowest BCUT2D eigenvalue weighted by Gasteiger charge is -2.22. The molecule has 1 aliphatic carbocycles. The molecule has 0 radical (unpaired) electrons. The Hall–Kier alpha value is -0.120. The zero-order valence-corrected chi connectivity index (χ0v) is 10.5.